The molecule has 5 nitrogen and oxygen atoms in total. The molecule has 1 aromatic heterocycles. The summed E-state index contributed by atoms with van der Waals surface area (Å²) in [6, 6.07) is 3.85. The van der Waals surface area contributed by atoms with Crippen LogP contribution in [0.15, 0.2) is 18.3 Å². The zero-order valence-electron chi connectivity index (χ0n) is 11.4. The maximum absolute atomic E-state index is 11.7. The number of carbonyl (C=O) groups excluding carboxylic acids is 1. The first-order valence-corrected chi connectivity index (χ1v) is 7.22. The molecule has 106 valence electrons. The standard InChI is InChI=1S/C14H17ClN4O/c1-2-14(20)19-5-3-18(4-6-19)13-8-10(15)7-12-11(13)9-16-17-12/h7-9H,2-6H2,1H3,(H,16,17). The Bertz CT molecular complexity index is 631. The van der Waals surface area contributed by atoms with Crippen LogP contribution >= 0.6 is 11.6 Å². The van der Waals surface area contributed by atoms with E-state index in [1.807, 2.05) is 30.2 Å². The van der Waals surface area contributed by atoms with Crippen LogP contribution in [0.5, 0.6) is 0 Å². The molecule has 1 amide bonds. The number of hydrogen-bond donors (Lipinski definition) is 1. The summed E-state index contributed by atoms with van der Waals surface area (Å²) in [4.78, 5) is 15.9. The molecule has 0 radical (unpaired) electrons. The Hall–Kier alpha value is -1.75. The normalized spacial score (nSPS) is 15.9. The van der Waals surface area contributed by atoms with Crippen molar-refractivity contribution < 1.29 is 4.79 Å². The molecule has 1 saturated heterocycles. The zero-order valence-corrected chi connectivity index (χ0v) is 12.2. The molecule has 0 bridgehead atoms. The second kappa shape index (κ2) is 5.32. The lowest BCUT2D eigenvalue weighted by Crippen LogP contribution is -2.48. The average Bonchev–Trinajstić information content (AvgIpc) is 2.94. The Kier molecular flexibility index (Phi) is 3.53. The van der Waals surface area contributed by atoms with Crippen LogP contribution in [0.2, 0.25) is 5.02 Å². The van der Waals surface area contributed by atoms with Crippen molar-refractivity contribution >= 4 is 34.1 Å². The van der Waals surface area contributed by atoms with Gasteiger partial charge < -0.3 is 9.80 Å². The van der Waals surface area contributed by atoms with E-state index < -0.39 is 0 Å². The Morgan fingerprint density at radius 2 is 2.10 bits per heavy atom. The minimum absolute atomic E-state index is 0.226. The van der Waals surface area contributed by atoms with Crippen molar-refractivity contribution in [2.75, 3.05) is 31.1 Å². The maximum atomic E-state index is 11.7. The van der Waals surface area contributed by atoms with Crippen LogP contribution < -0.4 is 4.90 Å². The number of piperazine rings is 1. The van der Waals surface area contributed by atoms with Crippen LogP contribution in [-0.4, -0.2) is 47.2 Å². The number of aromatic nitrogens is 2. The monoisotopic (exact) mass is 292 g/mol. The highest BCUT2D eigenvalue weighted by molar-refractivity contribution is 6.31. The number of anilines is 1. The van der Waals surface area contributed by atoms with Crippen LogP contribution in [-0.2, 0) is 4.79 Å². The number of rotatable bonds is 2. The molecule has 20 heavy (non-hydrogen) atoms. The Morgan fingerprint density at radius 1 is 1.35 bits per heavy atom. The van der Waals surface area contributed by atoms with E-state index in [4.69, 9.17) is 11.6 Å². The maximum Gasteiger partial charge on any atom is 0.222 e. The number of nitrogens with one attached hydrogen (secondary N) is 1. The van der Waals surface area contributed by atoms with Gasteiger partial charge in [0.05, 0.1) is 11.7 Å². The Labute approximate surface area is 122 Å². The number of hydrogen-bond acceptors (Lipinski definition) is 3. The molecule has 2 aromatic rings. The van der Waals surface area contributed by atoms with Crippen molar-refractivity contribution in [2.45, 2.75) is 13.3 Å². The van der Waals surface area contributed by atoms with E-state index in [1.165, 1.54) is 0 Å². The molecule has 0 spiro atoms. The van der Waals surface area contributed by atoms with Crippen molar-refractivity contribution in [1.82, 2.24) is 15.1 Å². The van der Waals surface area contributed by atoms with Gasteiger partial charge in [0.2, 0.25) is 5.91 Å². The number of H-pyrrole nitrogens is 1. The number of benzene rings is 1. The average molecular weight is 293 g/mol. The highest BCUT2D eigenvalue weighted by atomic mass is 35.5. The predicted octanol–water partition coefficient (Wildman–Crippen LogP) is 2.27. The summed E-state index contributed by atoms with van der Waals surface area (Å²) >= 11 is 6.16. The minimum Gasteiger partial charge on any atom is -0.367 e. The smallest absolute Gasteiger partial charge is 0.222 e. The molecule has 0 atom stereocenters. The Morgan fingerprint density at radius 3 is 2.80 bits per heavy atom. The summed E-state index contributed by atoms with van der Waals surface area (Å²) in [7, 11) is 0. The molecule has 0 aliphatic carbocycles. The number of amides is 1. The van der Waals surface area contributed by atoms with Gasteiger partial charge in [0, 0.05) is 48.7 Å². The predicted molar refractivity (Wildman–Crippen MR) is 80.2 cm³/mol. The van der Waals surface area contributed by atoms with Crippen molar-refractivity contribution in [2.24, 2.45) is 0 Å². The highest BCUT2D eigenvalue weighted by Gasteiger charge is 2.21. The molecule has 3 rings (SSSR count). The largest absolute Gasteiger partial charge is 0.367 e. The molecule has 2 heterocycles. The number of nitrogens with zero attached hydrogens (tertiary/aromatic N) is 3. The highest BCUT2D eigenvalue weighted by Crippen LogP contribution is 2.30. The summed E-state index contributed by atoms with van der Waals surface area (Å²) in [6.45, 7) is 5.08. The van der Waals surface area contributed by atoms with Crippen LogP contribution in [0.3, 0.4) is 0 Å². The molecule has 6 heteroatoms. The van der Waals surface area contributed by atoms with E-state index in [9.17, 15) is 4.79 Å². The fourth-order valence-electron chi connectivity index (χ4n) is 2.68. The van der Waals surface area contributed by atoms with Crippen molar-refractivity contribution in [3.63, 3.8) is 0 Å². The van der Waals surface area contributed by atoms with E-state index in [2.05, 4.69) is 15.1 Å². The third-order valence-corrected chi connectivity index (χ3v) is 4.00. The Balaban J connectivity index is 1.83. The first-order valence-electron chi connectivity index (χ1n) is 6.84. The fourth-order valence-corrected chi connectivity index (χ4v) is 2.89. The second-order valence-corrected chi connectivity index (χ2v) is 5.41. The molecule has 1 aliphatic heterocycles. The summed E-state index contributed by atoms with van der Waals surface area (Å²) in [5.74, 6) is 0.226. The molecular weight excluding hydrogens is 276 g/mol. The number of fused-ring (bicyclic) bond motifs is 1. The van der Waals surface area contributed by atoms with Gasteiger partial charge in [-0.25, -0.2) is 0 Å². The van der Waals surface area contributed by atoms with E-state index in [0.717, 1.165) is 42.8 Å². The molecular formula is C14H17ClN4O. The summed E-state index contributed by atoms with van der Waals surface area (Å²) < 4.78 is 0. The van der Waals surface area contributed by atoms with Crippen LogP contribution in [0, 0.1) is 0 Å². The van der Waals surface area contributed by atoms with E-state index in [-0.39, 0.29) is 5.91 Å². The van der Waals surface area contributed by atoms with Gasteiger partial charge in [0.25, 0.3) is 0 Å². The van der Waals surface area contributed by atoms with Gasteiger partial charge in [-0.1, -0.05) is 18.5 Å². The van der Waals surface area contributed by atoms with Gasteiger partial charge in [-0.05, 0) is 12.1 Å². The van der Waals surface area contributed by atoms with Crippen LogP contribution in [0.1, 0.15) is 13.3 Å². The SMILES string of the molecule is CCC(=O)N1CCN(c2cc(Cl)cc3[nH]ncc23)CC1. The van der Waals surface area contributed by atoms with E-state index in [1.54, 1.807) is 0 Å². The molecule has 1 aliphatic rings. The zero-order chi connectivity index (χ0) is 14.1. The topological polar surface area (TPSA) is 52.2 Å². The van der Waals surface area contributed by atoms with Gasteiger partial charge in [-0.2, -0.15) is 5.10 Å². The molecule has 1 aromatic carbocycles. The first-order chi connectivity index (χ1) is 9.69. The number of halogens is 1. The van der Waals surface area contributed by atoms with Gasteiger partial charge in [0.15, 0.2) is 0 Å². The third kappa shape index (κ3) is 2.33. The lowest BCUT2D eigenvalue weighted by atomic mass is 10.1. The molecule has 0 unspecified atom stereocenters. The quantitative estimate of drug-likeness (QED) is 0.924. The summed E-state index contributed by atoms with van der Waals surface area (Å²) in [5, 5.41) is 8.80. The molecule has 1 fully saturated rings. The number of carbonyl (C=O) groups is 1. The molecule has 0 saturated carbocycles. The van der Waals surface area contributed by atoms with Crippen LogP contribution in [0.25, 0.3) is 10.9 Å². The van der Waals surface area contributed by atoms with Crippen molar-refractivity contribution in [3.8, 4) is 0 Å². The second-order valence-electron chi connectivity index (χ2n) is 4.98. The van der Waals surface area contributed by atoms with Crippen molar-refractivity contribution in [3.05, 3.63) is 23.4 Å². The van der Waals surface area contributed by atoms with Gasteiger partial charge in [0.1, 0.15) is 0 Å². The van der Waals surface area contributed by atoms with Crippen molar-refractivity contribution in [1.29, 1.82) is 0 Å². The molecule has 1 N–H and O–H groups in total. The van der Waals surface area contributed by atoms with E-state index in [0.29, 0.717) is 11.4 Å². The lowest BCUT2D eigenvalue weighted by Gasteiger charge is -2.36. The number of aromatic amines is 1. The first kappa shape index (κ1) is 13.2. The van der Waals surface area contributed by atoms with Gasteiger partial charge in [-0.15, -0.1) is 0 Å². The van der Waals surface area contributed by atoms with Gasteiger partial charge >= 0.3 is 0 Å². The van der Waals surface area contributed by atoms with Crippen LogP contribution in [0.4, 0.5) is 5.69 Å². The lowest BCUT2D eigenvalue weighted by molar-refractivity contribution is -0.131. The van der Waals surface area contributed by atoms with Gasteiger partial charge in [-0.3, -0.25) is 9.89 Å². The third-order valence-electron chi connectivity index (χ3n) is 3.78. The minimum atomic E-state index is 0.226. The summed E-state index contributed by atoms with van der Waals surface area (Å²) in [6.07, 6.45) is 2.40. The van der Waals surface area contributed by atoms with E-state index >= 15 is 0 Å². The fraction of sp³-hybridized carbons (Fsp3) is 0.429. The summed E-state index contributed by atoms with van der Waals surface area (Å²) in [5.41, 5.74) is 2.03.